The highest BCUT2D eigenvalue weighted by molar-refractivity contribution is 7.09. The first-order chi connectivity index (χ1) is 11.7. The first-order valence-corrected chi connectivity index (χ1v) is 9.06. The molecule has 3 rings (SSSR count). The molecule has 0 aliphatic carbocycles. The summed E-state index contributed by atoms with van der Waals surface area (Å²) in [6.07, 6.45) is 1.59. The van der Waals surface area contributed by atoms with Gasteiger partial charge in [0.1, 0.15) is 5.01 Å². The van der Waals surface area contributed by atoms with Crippen molar-refractivity contribution in [3.63, 3.8) is 0 Å². The zero-order valence-corrected chi connectivity index (χ0v) is 14.7. The van der Waals surface area contributed by atoms with Gasteiger partial charge < -0.3 is 15.6 Å². The summed E-state index contributed by atoms with van der Waals surface area (Å²) in [6.45, 7) is 4.60. The Labute approximate surface area is 145 Å². The highest BCUT2D eigenvalue weighted by Crippen LogP contribution is 2.20. The van der Waals surface area contributed by atoms with Gasteiger partial charge in [-0.25, -0.2) is 9.78 Å². The molecule has 0 unspecified atom stereocenters. The molecule has 0 fully saturated rings. The van der Waals surface area contributed by atoms with Crippen molar-refractivity contribution in [1.82, 2.24) is 20.6 Å². The molecule has 1 atom stereocenters. The summed E-state index contributed by atoms with van der Waals surface area (Å²) in [4.78, 5) is 19.9. The van der Waals surface area contributed by atoms with E-state index in [-0.39, 0.29) is 12.1 Å². The molecule has 1 aromatic carbocycles. The summed E-state index contributed by atoms with van der Waals surface area (Å²) >= 11 is 1.59. The third-order valence-corrected chi connectivity index (χ3v) is 4.99. The molecule has 2 heterocycles. The number of fused-ring (bicyclic) bond motifs is 1. The van der Waals surface area contributed by atoms with Crippen LogP contribution < -0.4 is 10.6 Å². The van der Waals surface area contributed by atoms with Crippen molar-refractivity contribution in [3.8, 4) is 0 Å². The van der Waals surface area contributed by atoms with E-state index in [4.69, 9.17) is 0 Å². The molecule has 6 heteroatoms. The minimum Gasteiger partial charge on any atom is -0.358 e. The molecule has 126 valence electrons. The predicted octanol–water partition coefficient (Wildman–Crippen LogP) is 3.93. The average Bonchev–Trinajstić information content (AvgIpc) is 3.18. The zero-order valence-electron chi connectivity index (χ0n) is 13.9. The summed E-state index contributed by atoms with van der Waals surface area (Å²) in [5.74, 6) is 0. The number of aromatic amines is 1. The van der Waals surface area contributed by atoms with Crippen molar-refractivity contribution in [2.45, 2.75) is 32.7 Å². The number of para-hydroxylation sites is 1. The van der Waals surface area contributed by atoms with Crippen LogP contribution in [0, 0.1) is 6.92 Å². The van der Waals surface area contributed by atoms with E-state index in [2.05, 4.69) is 38.8 Å². The summed E-state index contributed by atoms with van der Waals surface area (Å²) in [5, 5.41) is 10.1. The lowest BCUT2D eigenvalue weighted by Crippen LogP contribution is -2.38. The molecule has 2 aromatic heterocycles. The van der Waals surface area contributed by atoms with E-state index in [9.17, 15) is 4.79 Å². The number of hydrogen-bond donors (Lipinski definition) is 3. The number of aromatic nitrogens is 2. The molecule has 3 aromatic rings. The third kappa shape index (κ3) is 3.94. The van der Waals surface area contributed by atoms with Crippen molar-refractivity contribution in [3.05, 3.63) is 52.1 Å². The van der Waals surface area contributed by atoms with Crippen LogP contribution >= 0.6 is 11.3 Å². The Kier molecular flexibility index (Phi) is 5.15. The molecule has 0 aliphatic heterocycles. The largest absolute Gasteiger partial charge is 0.358 e. The maximum Gasteiger partial charge on any atom is 0.315 e. The van der Waals surface area contributed by atoms with Crippen LogP contribution in [0.5, 0.6) is 0 Å². The number of hydrogen-bond acceptors (Lipinski definition) is 3. The van der Waals surface area contributed by atoms with Crippen molar-refractivity contribution in [1.29, 1.82) is 0 Å². The van der Waals surface area contributed by atoms with Gasteiger partial charge in [0.15, 0.2) is 0 Å². The van der Waals surface area contributed by atoms with E-state index in [1.807, 2.05) is 31.4 Å². The van der Waals surface area contributed by atoms with Crippen LogP contribution in [0.1, 0.15) is 35.8 Å². The van der Waals surface area contributed by atoms with Gasteiger partial charge in [0.2, 0.25) is 0 Å². The Morgan fingerprint density at radius 3 is 2.92 bits per heavy atom. The second-order valence-corrected chi connectivity index (χ2v) is 6.71. The Bertz CT molecular complexity index is 790. The van der Waals surface area contributed by atoms with Crippen LogP contribution in [0.15, 0.2) is 35.7 Å². The highest BCUT2D eigenvalue weighted by Gasteiger charge is 2.15. The van der Waals surface area contributed by atoms with Gasteiger partial charge in [-0.3, -0.25) is 0 Å². The van der Waals surface area contributed by atoms with E-state index < -0.39 is 0 Å². The first-order valence-electron chi connectivity index (χ1n) is 8.18. The molecule has 3 N–H and O–H groups in total. The number of thiazole rings is 1. The second kappa shape index (κ2) is 7.49. The number of carbonyl (C=O) groups excluding carboxylic acids is 1. The topological polar surface area (TPSA) is 69.8 Å². The van der Waals surface area contributed by atoms with Gasteiger partial charge in [0.05, 0.1) is 6.04 Å². The zero-order chi connectivity index (χ0) is 16.9. The molecule has 0 radical (unpaired) electrons. The number of rotatable bonds is 6. The van der Waals surface area contributed by atoms with Crippen LogP contribution in [0.3, 0.4) is 0 Å². The monoisotopic (exact) mass is 342 g/mol. The van der Waals surface area contributed by atoms with Crippen molar-refractivity contribution >= 4 is 28.3 Å². The van der Waals surface area contributed by atoms with Crippen molar-refractivity contribution in [2.75, 3.05) is 6.54 Å². The standard InChI is InChI=1S/C18H22N4OS/c1-3-15(17-20-12(2)11-24-17)22-18(23)19-9-8-14-10-13-6-4-5-7-16(13)21-14/h4-7,10-11,15,21H,3,8-9H2,1-2H3,(H2,19,22,23)/t15-/m0/s1. The quantitative estimate of drug-likeness (QED) is 0.635. The fraction of sp³-hybridized carbons (Fsp3) is 0.333. The molecule has 0 aliphatic rings. The summed E-state index contributed by atoms with van der Waals surface area (Å²) in [6, 6.07) is 10.1. The molecule has 0 saturated heterocycles. The molecule has 2 amide bonds. The van der Waals surface area contributed by atoms with Gasteiger partial charge in [-0.1, -0.05) is 25.1 Å². The summed E-state index contributed by atoms with van der Waals surface area (Å²) in [7, 11) is 0. The Hall–Kier alpha value is -2.34. The first kappa shape index (κ1) is 16.5. The number of carbonyl (C=O) groups is 1. The summed E-state index contributed by atoms with van der Waals surface area (Å²) in [5.41, 5.74) is 3.25. The highest BCUT2D eigenvalue weighted by atomic mass is 32.1. The van der Waals surface area contributed by atoms with Crippen molar-refractivity contribution < 1.29 is 4.79 Å². The van der Waals surface area contributed by atoms with E-state index in [1.165, 1.54) is 5.39 Å². The Morgan fingerprint density at radius 2 is 2.21 bits per heavy atom. The molecule has 5 nitrogen and oxygen atoms in total. The van der Waals surface area contributed by atoms with E-state index in [0.29, 0.717) is 6.54 Å². The van der Waals surface area contributed by atoms with E-state index in [0.717, 1.165) is 34.8 Å². The fourth-order valence-corrected chi connectivity index (χ4v) is 3.59. The Morgan fingerprint density at radius 1 is 1.38 bits per heavy atom. The van der Waals surface area contributed by atoms with Gasteiger partial charge in [-0.2, -0.15) is 0 Å². The Balaban J connectivity index is 1.49. The van der Waals surface area contributed by atoms with Crippen molar-refractivity contribution in [2.24, 2.45) is 0 Å². The molecular formula is C18H22N4OS. The maximum atomic E-state index is 12.1. The number of benzene rings is 1. The van der Waals surface area contributed by atoms with Crippen LogP contribution in [0.2, 0.25) is 0 Å². The van der Waals surface area contributed by atoms with E-state index in [1.54, 1.807) is 11.3 Å². The van der Waals surface area contributed by atoms with Gasteiger partial charge in [0, 0.05) is 35.3 Å². The number of nitrogens with zero attached hydrogens (tertiary/aromatic N) is 1. The molecule has 0 saturated carbocycles. The molecule has 0 bridgehead atoms. The SMILES string of the molecule is CC[C@H](NC(=O)NCCc1cc2ccccc2[nH]1)c1nc(C)cs1. The number of nitrogens with one attached hydrogen (secondary N) is 3. The molecule has 0 spiro atoms. The van der Waals surface area contributed by atoms with Crippen LogP contribution in [0.4, 0.5) is 4.79 Å². The van der Waals surface area contributed by atoms with Gasteiger partial charge in [0.25, 0.3) is 0 Å². The van der Waals surface area contributed by atoms with E-state index >= 15 is 0 Å². The maximum absolute atomic E-state index is 12.1. The molecule has 24 heavy (non-hydrogen) atoms. The third-order valence-electron chi connectivity index (χ3n) is 3.91. The minimum atomic E-state index is -0.147. The normalized spacial score (nSPS) is 12.2. The minimum absolute atomic E-state index is 0.0308. The van der Waals surface area contributed by atoms with Gasteiger partial charge >= 0.3 is 6.03 Å². The number of aryl methyl sites for hydroxylation is 1. The predicted molar refractivity (Wildman–Crippen MR) is 98.4 cm³/mol. The van der Waals surface area contributed by atoms with Crippen LogP contribution in [-0.2, 0) is 6.42 Å². The lowest BCUT2D eigenvalue weighted by molar-refractivity contribution is 0.236. The molecular weight excluding hydrogens is 320 g/mol. The second-order valence-electron chi connectivity index (χ2n) is 5.82. The lowest BCUT2D eigenvalue weighted by Gasteiger charge is -2.15. The van der Waals surface area contributed by atoms with Crippen LogP contribution in [0.25, 0.3) is 10.9 Å². The van der Waals surface area contributed by atoms with Gasteiger partial charge in [-0.15, -0.1) is 11.3 Å². The lowest BCUT2D eigenvalue weighted by atomic mass is 10.2. The smallest absolute Gasteiger partial charge is 0.315 e. The number of urea groups is 1. The fourth-order valence-electron chi connectivity index (χ4n) is 2.66. The number of H-pyrrole nitrogens is 1. The van der Waals surface area contributed by atoms with Crippen LogP contribution in [-0.4, -0.2) is 22.5 Å². The summed E-state index contributed by atoms with van der Waals surface area (Å²) < 4.78 is 0. The number of amides is 2. The average molecular weight is 342 g/mol. The van der Waals surface area contributed by atoms with Gasteiger partial charge in [-0.05, 0) is 30.9 Å².